The smallest absolute Gasteiger partial charge is 0.351 e. The summed E-state index contributed by atoms with van der Waals surface area (Å²) in [6.45, 7) is 2.12. The molecule has 1 rings (SSSR count). The van der Waals surface area contributed by atoms with E-state index in [1.807, 2.05) is 0 Å². The first-order valence-corrected chi connectivity index (χ1v) is 6.13. The van der Waals surface area contributed by atoms with E-state index in [9.17, 15) is 4.79 Å². The Morgan fingerprint density at radius 1 is 1.50 bits per heavy atom. The normalized spacial score (nSPS) is 19.4. The standard InChI is InChI=1S/C13H21NO2/c1-2-16-13(15)12(14)10-6-9-11-7-4-3-5-8-11/h3-4,11,14H,2,5-10H2,1H3. The lowest BCUT2D eigenvalue weighted by Crippen LogP contribution is -2.16. The molecule has 0 bridgehead atoms. The summed E-state index contributed by atoms with van der Waals surface area (Å²) in [6, 6.07) is 0. The van der Waals surface area contributed by atoms with Crippen LogP contribution in [0, 0.1) is 11.3 Å². The maximum Gasteiger partial charge on any atom is 0.351 e. The van der Waals surface area contributed by atoms with Gasteiger partial charge in [-0.3, -0.25) is 5.41 Å². The second-order valence-electron chi connectivity index (χ2n) is 4.24. The summed E-state index contributed by atoms with van der Waals surface area (Å²) < 4.78 is 4.77. The van der Waals surface area contributed by atoms with Crippen molar-refractivity contribution in [3.63, 3.8) is 0 Å². The quantitative estimate of drug-likeness (QED) is 0.427. The summed E-state index contributed by atoms with van der Waals surface area (Å²) >= 11 is 0. The Kier molecular flexibility index (Phi) is 5.83. The number of allylic oxidation sites excluding steroid dienone is 2. The van der Waals surface area contributed by atoms with E-state index in [1.165, 1.54) is 12.8 Å². The molecule has 0 heterocycles. The SMILES string of the molecule is CCOC(=O)C(=N)CCCC1CC=CCC1. The molecule has 0 saturated heterocycles. The van der Waals surface area contributed by atoms with Crippen molar-refractivity contribution in [3.8, 4) is 0 Å². The zero-order valence-electron chi connectivity index (χ0n) is 10.00. The molecule has 0 aromatic heterocycles. The van der Waals surface area contributed by atoms with Crippen molar-refractivity contribution in [2.24, 2.45) is 5.92 Å². The molecule has 0 spiro atoms. The van der Waals surface area contributed by atoms with Gasteiger partial charge in [0.15, 0.2) is 0 Å². The van der Waals surface area contributed by atoms with Crippen LogP contribution in [-0.4, -0.2) is 18.3 Å². The minimum atomic E-state index is -0.453. The van der Waals surface area contributed by atoms with Gasteiger partial charge in [-0.05, 0) is 51.4 Å². The number of rotatable bonds is 6. The summed E-state index contributed by atoms with van der Waals surface area (Å²) in [5, 5.41) is 7.53. The molecule has 3 heteroatoms. The minimum Gasteiger partial charge on any atom is -0.462 e. The molecule has 0 radical (unpaired) electrons. The Morgan fingerprint density at radius 3 is 2.94 bits per heavy atom. The molecule has 1 atom stereocenters. The molecule has 1 aliphatic rings. The summed E-state index contributed by atoms with van der Waals surface area (Å²) in [7, 11) is 0. The summed E-state index contributed by atoms with van der Waals surface area (Å²) in [5.74, 6) is 0.297. The van der Waals surface area contributed by atoms with Crippen molar-refractivity contribution < 1.29 is 9.53 Å². The van der Waals surface area contributed by atoms with Crippen molar-refractivity contribution in [2.45, 2.75) is 45.4 Å². The van der Waals surface area contributed by atoms with Crippen LogP contribution < -0.4 is 0 Å². The van der Waals surface area contributed by atoms with Gasteiger partial charge in [0, 0.05) is 0 Å². The lowest BCUT2D eigenvalue weighted by Gasteiger charge is -2.17. The number of hydrogen-bond acceptors (Lipinski definition) is 3. The first-order valence-electron chi connectivity index (χ1n) is 6.13. The number of ether oxygens (including phenoxy) is 1. The van der Waals surface area contributed by atoms with Crippen LogP contribution >= 0.6 is 0 Å². The number of esters is 1. The number of carbonyl (C=O) groups is 1. The van der Waals surface area contributed by atoms with Crippen molar-refractivity contribution >= 4 is 11.7 Å². The summed E-state index contributed by atoms with van der Waals surface area (Å²) in [6.07, 6.45) is 10.7. The predicted molar refractivity (Wildman–Crippen MR) is 64.7 cm³/mol. The zero-order chi connectivity index (χ0) is 11.8. The molecule has 1 N–H and O–H groups in total. The molecule has 16 heavy (non-hydrogen) atoms. The monoisotopic (exact) mass is 223 g/mol. The average Bonchev–Trinajstić information content (AvgIpc) is 2.30. The predicted octanol–water partition coefficient (Wildman–Crippen LogP) is 3.10. The fraction of sp³-hybridized carbons (Fsp3) is 0.692. The van der Waals surface area contributed by atoms with Gasteiger partial charge in [-0.1, -0.05) is 12.2 Å². The fourth-order valence-electron chi connectivity index (χ4n) is 2.01. The van der Waals surface area contributed by atoms with Crippen LogP contribution in [0.4, 0.5) is 0 Å². The van der Waals surface area contributed by atoms with Crippen molar-refractivity contribution in [3.05, 3.63) is 12.2 Å². The topological polar surface area (TPSA) is 50.2 Å². The molecular formula is C13H21NO2. The molecule has 0 aromatic carbocycles. The number of carbonyl (C=O) groups excluding carboxylic acids is 1. The van der Waals surface area contributed by atoms with Gasteiger partial charge >= 0.3 is 5.97 Å². The average molecular weight is 223 g/mol. The van der Waals surface area contributed by atoms with Crippen LogP contribution in [-0.2, 0) is 9.53 Å². The first kappa shape index (κ1) is 12.9. The maximum atomic E-state index is 11.2. The summed E-state index contributed by atoms with van der Waals surface area (Å²) in [5.41, 5.74) is 0.119. The third kappa shape index (κ3) is 4.60. The van der Waals surface area contributed by atoms with Crippen molar-refractivity contribution in [1.29, 1.82) is 5.41 Å². The van der Waals surface area contributed by atoms with Gasteiger partial charge in [-0.15, -0.1) is 0 Å². The van der Waals surface area contributed by atoms with Crippen LogP contribution in [0.15, 0.2) is 12.2 Å². The highest BCUT2D eigenvalue weighted by Crippen LogP contribution is 2.23. The molecule has 1 unspecified atom stereocenters. The minimum absolute atomic E-state index is 0.119. The van der Waals surface area contributed by atoms with Crippen LogP contribution in [0.1, 0.15) is 45.4 Å². The third-order valence-electron chi connectivity index (χ3n) is 2.94. The molecular weight excluding hydrogens is 202 g/mol. The van der Waals surface area contributed by atoms with Crippen LogP contribution in [0.25, 0.3) is 0 Å². The maximum absolute atomic E-state index is 11.2. The van der Waals surface area contributed by atoms with Gasteiger partial charge in [0.1, 0.15) is 5.71 Å². The van der Waals surface area contributed by atoms with Crippen molar-refractivity contribution in [2.75, 3.05) is 6.61 Å². The van der Waals surface area contributed by atoms with E-state index in [1.54, 1.807) is 6.92 Å². The van der Waals surface area contributed by atoms with Crippen LogP contribution in [0.2, 0.25) is 0 Å². The highest BCUT2D eigenvalue weighted by molar-refractivity contribution is 6.35. The molecule has 0 amide bonds. The van der Waals surface area contributed by atoms with E-state index >= 15 is 0 Å². The molecule has 3 nitrogen and oxygen atoms in total. The first-order chi connectivity index (χ1) is 7.74. The largest absolute Gasteiger partial charge is 0.462 e. The highest BCUT2D eigenvalue weighted by Gasteiger charge is 2.13. The number of hydrogen-bond donors (Lipinski definition) is 1. The van der Waals surface area contributed by atoms with Crippen LogP contribution in [0.5, 0.6) is 0 Å². The molecule has 0 aromatic rings. The van der Waals surface area contributed by atoms with Gasteiger partial charge < -0.3 is 4.74 Å². The van der Waals surface area contributed by atoms with E-state index in [2.05, 4.69) is 12.2 Å². The Balaban J connectivity index is 2.12. The van der Waals surface area contributed by atoms with Gasteiger partial charge in [0.25, 0.3) is 0 Å². The highest BCUT2D eigenvalue weighted by atomic mass is 16.5. The van der Waals surface area contributed by atoms with Crippen molar-refractivity contribution in [1.82, 2.24) is 0 Å². The van der Waals surface area contributed by atoms with Gasteiger partial charge in [-0.25, -0.2) is 4.79 Å². The molecule has 90 valence electrons. The lowest BCUT2D eigenvalue weighted by atomic mass is 9.89. The fourth-order valence-corrected chi connectivity index (χ4v) is 2.01. The van der Waals surface area contributed by atoms with Crippen LogP contribution in [0.3, 0.4) is 0 Å². The van der Waals surface area contributed by atoms with E-state index in [-0.39, 0.29) is 5.71 Å². The Bertz CT molecular complexity index is 271. The zero-order valence-corrected chi connectivity index (χ0v) is 10.00. The van der Waals surface area contributed by atoms with E-state index in [0.717, 1.165) is 25.2 Å². The lowest BCUT2D eigenvalue weighted by molar-refractivity contribution is -0.135. The van der Waals surface area contributed by atoms with E-state index < -0.39 is 5.97 Å². The van der Waals surface area contributed by atoms with Gasteiger partial charge in [-0.2, -0.15) is 0 Å². The second-order valence-corrected chi connectivity index (χ2v) is 4.24. The third-order valence-corrected chi connectivity index (χ3v) is 2.94. The Morgan fingerprint density at radius 2 is 2.31 bits per heavy atom. The van der Waals surface area contributed by atoms with E-state index in [0.29, 0.717) is 13.0 Å². The number of nitrogens with one attached hydrogen (secondary N) is 1. The van der Waals surface area contributed by atoms with E-state index in [4.69, 9.17) is 10.1 Å². The Labute approximate surface area is 97.4 Å². The molecule has 0 aliphatic heterocycles. The van der Waals surface area contributed by atoms with Gasteiger partial charge in [0.2, 0.25) is 0 Å². The second kappa shape index (κ2) is 7.20. The Hall–Kier alpha value is -1.12. The summed E-state index contributed by atoms with van der Waals surface area (Å²) in [4.78, 5) is 11.2. The van der Waals surface area contributed by atoms with Gasteiger partial charge in [0.05, 0.1) is 6.61 Å². The molecule has 0 saturated carbocycles. The molecule has 1 aliphatic carbocycles. The molecule has 0 fully saturated rings.